The number of hydrogen-bond donors (Lipinski definition) is 1. The van der Waals surface area contributed by atoms with Crippen molar-refractivity contribution in [2.24, 2.45) is 0 Å². The van der Waals surface area contributed by atoms with Crippen LogP contribution < -0.4 is 24.3 Å². The summed E-state index contributed by atoms with van der Waals surface area (Å²) < 4.78 is 22.3. The number of para-hydroxylation sites is 1. The van der Waals surface area contributed by atoms with Crippen molar-refractivity contribution in [3.63, 3.8) is 0 Å². The Hall–Kier alpha value is -3.67. The van der Waals surface area contributed by atoms with Gasteiger partial charge in [0.1, 0.15) is 18.1 Å². The monoisotopic (exact) mass is 463 g/mol. The topological polar surface area (TPSA) is 66.0 Å². The van der Waals surface area contributed by atoms with E-state index in [9.17, 15) is 4.79 Å². The van der Waals surface area contributed by atoms with Gasteiger partial charge in [-0.2, -0.15) is 0 Å². The van der Waals surface area contributed by atoms with Crippen molar-refractivity contribution in [3.8, 4) is 23.0 Å². The van der Waals surface area contributed by atoms with Crippen LogP contribution in [0.4, 0.5) is 0 Å². The van der Waals surface area contributed by atoms with Crippen LogP contribution in [0, 0.1) is 0 Å². The van der Waals surface area contributed by atoms with Gasteiger partial charge in [-0.15, -0.1) is 0 Å². The van der Waals surface area contributed by atoms with Gasteiger partial charge in [0.05, 0.1) is 20.8 Å². The first kappa shape index (κ1) is 25.0. The summed E-state index contributed by atoms with van der Waals surface area (Å²) in [6, 6.07) is 23.4. The molecule has 3 aromatic carbocycles. The van der Waals surface area contributed by atoms with Crippen LogP contribution in [0.3, 0.4) is 0 Å². The van der Waals surface area contributed by atoms with Crippen molar-refractivity contribution in [2.45, 2.75) is 32.3 Å². The first-order chi connectivity index (χ1) is 16.7. The summed E-state index contributed by atoms with van der Waals surface area (Å²) >= 11 is 0. The molecule has 0 saturated heterocycles. The predicted octanol–water partition coefficient (Wildman–Crippen LogP) is 5.19. The normalized spacial score (nSPS) is 10.4. The number of amides is 1. The summed E-state index contributed by atoms with van der Waals surface area (Å²) in [6.45, 7) is 1.77. The molecule has 3 aromatic rings. The zero-order chi connectivity index (χ0) is 24.0. The number of carbonyl (C=O) groups excluding carboxylic acids is 1. The fraction of sp³-hybridized carbons (Fsp3) is 0.321. The van der Waals surface area contributed by atoms with Crippen molar-refractivity contribution >= 4 is 5.91 Å². The van der Waals surface area contributed by atoms with E-state index >= 15 is 0 Å². The van der Waals surface area contributed by atoms with Crippen molar-refractivity contribution in [1.82, 2.24) is 5.32 Å². The van der Waals surface area contributed by atoms with E-state index in [1.807, 2.05) is 72.8 Å². The summed E-state index contributed by atoms with van der Waals surface area (Å²) in [5.41, 5.74) is 2.09. The van der Waals surface area contributed by atoms with E-state index in [0.29, 0.717) is 44.1 Å². The third-order valence-electron chi connectivity index (χ3n) is 5.34. The Morgan fingerprint density at radius 1 is 0.794 bits per heavy atom. The fourth-order valence-corrected chi connectivity index (χ4v) is 3.51. The fourth-order valence-electron chi connectivity index (χ4n) is 3.51. The molecule has 0 saturated carbocycles. The van der Waals surface area contributed by atoms with E-state index in [0.717, 1.165) is 35.5 Å². The van der Waals surface area contributed by atoms with E-state index < -0.39 is 0 Å². The molecular formula is C28H33NO5. The molecule has 6 heteroatoms. The van der Waals surface area contributed by atoms with Gasteiger partial charge in [0.2, 0.25) is 5.91 Å². The quantitative estimate of drug-likeness (QED) is 0.333. The van der Waals surface area contributed by atoms with Gasteiger partial charge in [0.25, 0.3) is 0 Å². The Kier molecular flexibility index (Phi) is 10.1. The number of carbonyl (C=O) groups is 1. The van der Waals surface area contributed by atoms with E-state index in [-0.39, 0.29) is 5.91 Å². The highest BCUT2D eigenvalue weighted by Gasteiger charge is 2.11. The molecule has 0 heterocycles. The molecule has 0 aliphatic heterocycles. The summed E-state index contributed by atoms with van der Waals surface area (Å²) in [5, 5.41) is 2.97. The first-order valence-corrected chi connectivity index (χ1v) is 11.6. The van der Waals surface area contributed by atoms with Crippen LogP contribution in [-0.4, -0.2) is 33.3 Å². The van der Waals surface area contributed by atoms with Crippen LogP contribution in [0.5, 0.6) is 23.0 Å². The number of rotatable bonds is 14. The van der Waals surface area contributed by atoms with Crippen molar-refractivity contribution in [1.29, 1.82) is 0 Å². The number of benzene rings is 3. The second-order valence-electron chi connectivity index (χ2n) is 7.80. The van der Waals surface area contributed by atoms with Crippen LogP contribution in [0.1, 0.15) is 30.4 Å². The SMILES string of the molecule is COc1cccc(CCC(=O)NCCCCOc2ccc(OCc3ccccc3)cc2)c1OC. The molecule has 6 nitrogen and oxygen atoms in total. The molecule has 0 spiro atoms. The second-order valence-corrected chi connectivity index (χ2v) is 7.80. The smallest absolute Gasteiger partial charge is 0.220 e. The van der Waals surface area contributed by atoms with E-state index in [4.69, 9.17) is 18.9 Å². The number of unbranched alkanes of at least 4 members (excludes halogenated alkanes) is 1. The van der Waals surface area contributed by atoms with Crippen molar-refractivity contribution < 1.29 is 23.7 Å². The molecule has 0 unspecified atom stereocenters. The Morgan fingerprint density at radius 3 is 2.24 bits per heavy atom. The minimum absolute atomic E-state index is 0.0249. The zero-order valence-electron chi connectivity index (χ0n) is 19.9. The zero-order valence-corrected chi connectivity index (χ0v) is 19.9. The van der Waals surface area contributed by atoms with Gasteiger partial charge < -0.3 is 24.3 Å². The summed E-state index contributed by atoms with van der Waals surface area (Å²) in [7, 11) is 3.21. The molecule has 0 bridgehead atoms. The van der Waals surface area contributed by atoms with E-state index in [1.165, 1.54) is 0 Å². The van der Waals surface area contributed by atoms with Gasteiger partial charge in [0, 0.05) is 13.0 Å². The highest BCUT2D eigenvalue weighted by atomic mass is 16.5. The average Bonchev–Trinajstić information content (AvgIpc) is 2.89. The lowest BCUT2D eigenvalue weighted by Gasteiger charge is -2.12. The molecule has 1 amide bonds. The molecule has 0 aliphatic rings. The molecule has 34 heavy (non-hydrogen) atoms. The third-order valence-corrected chi connectivity index (χ3v) is 5.34. The maximum atomic E-state index is 12.2. The van der Waals surface area contributed by atoms with Crippen LogP contribution in [0.15, 0.2) is 72.8 Å². The third kappa shape index (κ3) is 8.03. The highest BCUT2D eigenvalue weighted by molar-refractivity contribution is 5.76. The summed E-state index contributed by atoms with van der Waals surface area (Å²) in [4.78, 5) is 12.2. The minimum Gasteiger partial charge on any atom is -0.494 e. The maximum Gasteiger partial charge on any atom is 0.220 e. The molecule has 0 atom stereocenters. The van der Waals surface area contributed by atoms with Crippen LogP contribution >= 0.6 is 0 Å². The van der Waals surface area contributed by atoms with Gasteiger partial charge >= 0.3 is 0 Å². The Balaban J connectivity index is 1.27. The number of ether oxygens (including phenoxy) is 4. The molecule has 0 aromatic heterocycles. The summed E-state index contributed by atoms with van der Waals surface area (Å²) in [5.74, 6) is 3.01. The van der Waals surface area contributed by atoms with Gasteiger partial charge in [-0.1, -0.05) is 42.5 Å². The maximum absolute atomic E-state index is 12.2. The van der Waals surface area contributed by atoms with E-state index in [1.54, 1.807) is 14.2 Å². The van der Waals surface area contributed by atoms with Crippen LogP contribution in [0.25, 0.3) is 0 Å². The largest absolute Gasteiger partial charge is 0.494 e. The summed E-state index contributed by atoms with van der Waals surface area (Å²) in [6.07, 6.45) is 2.71. The highest BCUT2D eigenvalue weighted by Crippen LogP contribution is 2.31. The first-order valence-electron chi connectivity index (χ1n) is 11.6. The molecule has 0 radical (unpaired) electrons. The Bertz CT molecular complexity index is 1010. The lowest BCUT2D eigenvalue weighted by atomic mass is 10.1. The molecular weight excluding hydrogens is 430 g/mol. The van der Waals surface area contributed by atoms with Gasteiger partial charge in [-0.05, 0) is 60.7 Å². The molecule has 0 aliphatic carbocycles. The Morgan fingerprint density at radius 2 is 1.53 bits per heavy atom. The number of aryl methyl sites for hydroxylation is 1. The standard InChI is InChI=1S/C28H33NO5/c1-31-26-12-8-11-23(28(26)32-2)13-18-27(30)29-19-6-7-20-33-24-14-16-25(17-15-24)34-21-22-9-4-3-5-10-22/h3-5,8-12,14-17H,6-7,13,18-21H2,1-2H3,(H,29,30). The van der Waals surface area contributed by atoms with Crippen LogP contribution in [-0.2, 0) is 17.8 Å². The number of methoxy groups -OCH3 is 2. The lowest BCUT2D eigenvalue weighted by Crippen LogP contribution is -2.25. The second kappa shape index (κ2) is 13.8. The molecule has 1 N–H and O–H groups in total. The van der Waals surface area contributed by atoms with Gasteiger partial charge in [-0.3, -0.25) is 4.79 Å². The average molecular weight is 464 g/mol. The Labute approximate surface area is 201 Å². The van der Waals surface area contributed by atoms with Gasteiger partial charge in [0.15, 0.2) is 11.5 Å². The van der Waals surface area contributed by atoms with Gasteiger partial charge in [-0.25, -0.2) is 0 Å². The van der Waals surface area contributed by atoms with Crippen LogP contribution in [0.2, 0.25) is 0 Å². The van der Waals surface area contributed by atoms with E-state index in [2.05, 4.69) is 5.32 Å². The lowest BCUT2D eigenvalue weighted by molar-refractivity contribution is -0.121. The molecule has 180 valence electrons. The molecule has 0 fully saturated rings. The number of hydrogen-bond acceptors (Lipinski definition) is 5. The minimum atomic E-state index is 0.0249. The predicted molar refractivity (Wildman–Crippen MR) is 133 cm³/mol. The number of nitrogens with one attached hydrogen (secondary N) is 1. The van der Waals surface area contributed by atoms with Crippen molar-refractivity contribution in [3.05, 3.63) is 83.9 Å². The van der Waals surface area contributed by atoms with Crippen molar-refractivity contribution in [2.75, 3.05) is 27.4 Å². The molecule has 3 rings (SSSR count).